The Hall–Kier alpha value is -0.780. The van der Waals surface area contributed by atoms with Crippen LogP contribution in [0.4, 0.5) is 0 Å². The average Bonchev–Trinajstić information content (AvgIpc) is 2.28. The molecule has 0 radical (unpaired) electrons. The molecule has 1 aromatic rings. The molecule has 0 aromatic heterocycles. The van der Waals surface area contributed by atoms with Crippen LogP contribution in [0.5, 0.6) is 5.75 Å². The predicted molar refractivity (Wildman–Crippen MR) is 63.7 cm³/mol. The summed E-state index contributed by atoms with van der Waals surface area (Å²) in [6, 6.07) is 4.63. The van der Waals surface area contributed by atoms with E-state index in [2.05, 4.69) is 0 Å². The zero-order valence-electron chi connectivity index (χ0n) is 8.94. The second-order valence-electron chi connectivity index (χ2n) is 3.19. The van der Waals surface area contributed by atoms with Crippen LogP contribution < -0.4 is 10.5 Å². The lowest BCUT2D eigenvalue weighted by Gasteiger charge is -2.09. The van der Waals surface area contributed by atoms with Crippen molar-refractivity contribution < 1.29 is 13.2 Å². The molecule has 0 aliphatic heterocycles. The van der Waals surface area contributed by atoms with E-state index in [0.717, 1.165) is 0 Å². The number of alkyl halides is 1. The maximum Gasteiger partial charge on any atom is 0.179 e. The van der Waals surface area contributed by atoms with Crippen LogP contribution in [0.15, 0.2) is 23.1 Å². The van der Waals surface area contributed by atoms with Crippen LogP contribution in [0.3, 0.4) is 0 Å². The van der Waals surface area contributed by atoms with Gasteiger partial charge in [-0.25, -0.2) is 8.42 Å². The van der Waals surface area contributed by atoms with Crippen LogP contribution in [0, 0.1) is 0 Å². The summed E-state index contributed by atoms with van der Waals surface area (Å²) in [5.74, 6) is 0.587. The second kappa shape index (κ2) is 5.52. The van der Waals surface area contributed by atoms with Crippen LogP contribution >= 0.6 is 11.6 Å². The summed E-state index contributed by atoms with van der Waals surface area (Å²) in [5, 5.41) is 0. The Labute approximate surface area is 100 Å². The molecule has 0 saturated heterocycles. The molecule has 2 N–H and O–H groups in total. The minimum absolute atomic E-state index is 0.0757. The quantitative estimate of drug-likeness (QED) is 0.810. The van der Waals surface area contributed by atoms with Crippen molar-refractivity contribution in [3.63, 3.8) is 0 Å². The molecule has 0 amide bonds. The van der Waals surface area contributed by atoms with Crippen molar-refractivity contribution in [1.82, 2.24) is 0 Å². The summed E-state index contributed by atoms with van der Waals surface area (Å²) >= 11 is 5.44. The molecule has 0 aliphatic rings. The first-order chi connectivity index (χ1) is 7.55. The highest BCUT2D eigenvalue weighted by atomic mass is 35.5. The lowest BCUT2D eigenvalue weighted by molar-refractivity contribution is 0.409. The van der Waals surface area contributed by atoms with E-state index in [1.165, 1.54) is 19.2 Å². The molecular formula is C10H14ClNO3S. The van der Waals surface area contributed by atoms with Crippen molar-refractivity contribution >= 4 is 21.4 Å². The first-order valence-electron chi connectivity index (χ1n) is 4.71. The van der Waals surface area contributed by atoms with Crippen molar-refractivity contribution in [3.05, 3.63) is 23.8 Å². The van der Waals surface area contributed by atoms with E-state index < -0.39 is 9.84 Å². The number of halogens is 1. The smallest absolute Gasteiger partial charge is 0.179 e. The molecule has 6 heteroatoms. The number of benzene rings is 1. The van der Waals surface area contributed by atoms with Crippen LogP contribution in [-0.2, 0) is 16.4 Å². The van der Waals surface area contributed by atoms with Gasteiger partial charge in [0.2, 0.25) is 0 Å². The largest absolute Gasteiger partial charge is 0.496 e. The molecule has 90 valence electrons. The molecule has 0 heterocycles. The fourth-order valence-corrected chi connectivity index (χ4v) is 2.97. The third-order valence-electron chi connectivity index (χ3n) is 2.18. The van der Waals surface area contributed by atoms with E-state index in [1.54, 1.807) is 6.07 Å². The zero-order valence-corrected chi connectivity index (χ0v) is 10.5. The monoisotopic (exact) mass is 263 g/mol. The minimum Gasteiger partial charge on any atom is -0.496 e. The van der Waals surface area contributed by atoms with Gasteiger partial charge in [-0.3, -0.25) is 0 Å². The molecule has 0 spiro atoms. The van der Waals surface area contributed by atoms with E-state index >= 15 is 0 Å². The van der Waals surface area contributed by atoms with Gasteiger partial charge in [-0.1, -0.05) is 0 Å². The maximum atomic E-state index is 11.7. The number of methoxy groups -OCH3 is 1. The van der Waals surface area contributed by atoms with Gasteiger partial charge in [0.05, 0.1) is 17.8 Å². The molecule has 0 bridgehead atoms. The normalized spacial score (nSPS) is 11.4. The molecule has 0 fully saturated rings. The highest BCUT2D eigenvalue weighted by molar-refractivity contribution is 7.91. The van der Waals surface area contributed by atoms with Gasteiger partial charge in [0.15, 0.2) is 9.84 Å². The molecule has 1 aromatic carbocycles. The summed E-state index contributed by atoms with van der Waals surface area (Å²) in [5.41, 5.74) is 6.18. The molecule has 4 nitrogen and oxygen atoms in total. The number of ether oxygens (including phenoxy) is 1. The Morgan fingerprint density at radius 3 is 2.62 bits per heavy atom. The number of hydrogen-bond donors (Lipinski definition) is 1. The number of hydrogen-bond acceptors (Lipinski definition) is 4. The SMILES string of the molecule is COc1ccc(S(=O)(=O)CCCl)cc1CN. The Bertz CT molecular complexity index is 459. The Kier molecular flexibility index (Phi) is 4.58. The molecule has 1 rings (SSSR count). The summed E-state index contributed by atoms with van der Waals surface area (Å²) < 4.78 is 28.5. The van der Waals surface area contributed by atoms with E-state index in [4.69, 9.17) is 22.1 Å². The topological polar surface area (TPSA) is 69.4 Å². The fourth-order valence-electron chi connectivity index (χ4n) is 1.33. The Morgan fingerprint density at radius 1 is 1.44 bits per heavy atom. The van der Waals surface area contributed by atoms with E-state index in [1.807, 2.05) is 0 Å². The molecular weight excluding hydrogens is 250 g/mol. The van der Waals surface area contributed by atoms with Gasteiger partial charge in [0, 0.05) is 18.0 Å². The van der Waals surface area contributed by atoms with Crippen molar-refractivity contribution in [2.75, 3.05) is 18.7 Å². The van der Waals surface area contributed by atoms with Crippen molar-refractivity contribution in [2.24, 2.45) is 5.73 Å². The van der Waals surface area contributed by atoms with Gasteiger partial charge in [-0.05, 0) is 18.2 Å². The number of rotatable bonds is 5. The predicted octanol–water partition coefficient (Wildman–Crippen LogP) is 1.17. The molecule has 0 aliphatic carbocycles. The summed E-state index contributed by atoms with van der Waals surface area (Å²) in [7, 11) is -1.80. The van der Waals surface area contributed by atoms with Crippen molar-refractivity contribution in [3.8, 4) is 5.75 Å². The summed E-state index contributed by atoms with van der Waals surface area (Å²) in [4.78, 5) is 0.231. The molecule has 0 saturated carbocycles. The third kappa shape index (κ3) is 2.87. The summed E-state index contributed by atoms with van der Waals surface area (Å²) in [6.07, 6.45) is 0. The highest BCUT2D eigenvalue weighted by Crippen LogP contribution is 2.22. The lowest BCUT2D eigenvalue weighted by atomic mass is 10.2. The van der Waals surface area contributed by atoms with Gasteiger partial charge in [0.1, 0.15) is 5.75 Å². The van der Waals surface area contributed by atoms with Gasteiger partial charge in [-0.2, -0.15) is 0 Å². The Balaban J connectivity index is 3.18. The van der Waals surface area contributed by atoms with Gasteiger partial charge in [0.25, 0.3) is 0 Å². The van der Waals surface area contributed by atoms with E-state index in [9.17, 15) is 8.42 Å². The Morgan fingerprint density at radius 2 is 2.12 bits per heavy atom. The minimum atomic E-state index is -3.31. The van der Waals surface area contributed by atoms with Gasteiger partial charge < -0.3 is 10.5 Å². The van der Waals surface area contributed by atoms with E-state index in [-0.39, 0.29) is 23.1 Å². The maximum absolute atomic E-state index is 11.7. The van der Waals surface area contributed by atoms with E-state index in [0.29, 0.717) is 11.3 Å². The van der Waals surface area contributed by atoms with Gasteiger partial charge in [-0.15, -0.1) is 11.6 Å². The van der Waals surface area contributed by atoms with Crippen LogP contribution in [0.1, 0.15) is 5.56 Å². The fraction of sp³-hybridized carbons (Fsp3) is 0.400. The van der Waals surface area contributed by atoms with Crippen LogP contribution in [-0.4, -0.2) is 27.2 Å². The average molecular weight is 264 g/mol. The third-order valence-corrected chi connectivity index (χ3v) is 4.30. The van der Waals surface area contributed by atoms with Gasteiger partial charge >= 0.3 is 0 Å². The van der Waals surface area contributed by atoms with Crippen LogP contribution in [0.25, 0.3) is 0 Å². The molecule has 0 atom stereocenters. The van der Waals surface area contributed by atoms with Crippen molar-refractivity contribution in [2.45, 2.75) is 11.4 Å². The van der Waals surface area contributed by atoms with Crippen LogP contribution in [0.2, 0.25) is 0 Å². The number of nitrogens with two attached hydrogens (primary N) is 1. The first-order valence-corrected chi connectivity index (χ1v) is 6.89. The van der Waals surface area contributed by atoms with Crippen molar-refractivity contribution in [1.29, 1.82) is 0 Å². The second-order valence-corrected chi connectivity index (χ2v) is 5.67. The highest BCUT2D eigenvalue weighted by Gasteiger charge is 2.15. The lowest BCUT2D eigenvalue weighted by Crippen LogP contribution is -2.09. The number of sulfone groups is 1. The summed E-state index contributed by atoms with van der Waals surface area (Å²) in [6.45, 7) is 0.230. The zero-order chi connectivity index (χ0) is 12.2. The molecule has 16 heavy (non-hydrogen) atoms. The standard InChI is InChI=1S/C10H14ClNO3S/c1-15-10-3-2-9(6-8(10)7-12)16(13,14)5-4-11/h2-3,6H,4-5,7,12H2,1H3. The molecule has 0 unspecified atom stereocenters. The first kappa shape index (κ1) is 13.3.